The fraction of sp³-hybridized carbons (Fsp3) is 0.700. The number of nitrogens with one attached hydrogen (secondary N) is 1. The first kappa shape index (κ1) is 12.0. The Hall–Kier alpha value is -1.47. The average Bonchev–Trinajstić information content (AvgIpc) is 2.67. The molecule has 0 aromatic carbocycles. The molecule has 2 heterocycles. The van der Waals surface area contributed by atoms with Gasteiger partial charge in [-0.15, -0.1) is 0 Å². The van der Waals surface area contributed by atoms with E-state index in [2.05, 4.69) is 20.4 Å². The summed E-state index contributed by atoms with van der Waals surface area (Å²) in [6, 6.07) is 0.425. The van der Waals surface area contributed by atoms with Gasteiger partial charge in [-0.2, -0.15) is 4.98 Å². The third-order valence-corrected chi connectivity index (χ3v) is 2.77. The molecule has 1 aromatic heterocycles. The van der Waals surface area contributed by atoms with Crippen LogP contribution in [-0.2, 0) is 4.79 Å². The summed E-state index contributed by atoms with van der Waals surface area (Å²) < 4.78 is 4.81. The predicted octanol–water partition coefficient (Wildman–Crippen LogP) is -0.260. The summed E-state index contributed by atoms with van der Waals surface area (Å²) >= 11 is 0. The third kappa shape index (κ3) is 3.50. The molecule has 1 fully saturated rings. The van der Waals surface area contributed by atoms with Gasteiger partial charge in [0.05, 0.1) is 6.54 Å². The number of carbonyl (C=O) groups is 1. The maximum absolute atomic E-state index is 11.7. The highest BCUT2D eigenvalue weighted by Crippen LogP contribution is 2.08. The van der Waals surface area contributed by atoms with Crippen LogP contribution >= 0.6 is 0 Å². The molecule has 7 nitrogen and oxygen atoms in total. The van der Waals surface area contributed by atoms with Crippen LogP contribution < -0.4 is 11.1 Å². The normalized spacial score (nSPS) is 18.2. The van der Waals surface area contributed by atoms with E-state index in [0.717, 1.165) is 25.9 Å². The van der Waals surface area contributed by atoms with Crippen molar-refractivity contribution in [3.63, 3.8) is 0 Å². The fourth-order valence-corrected chi connectivity index (χ4v) is 1.82. The third-order valence-electron chi connectivity index (χ3n) is 2.77. The van der Waals surface area contributed by atoms with Crippen molar-refractivity contribution < 1.29 is 9.32 Å². The van der Waals surface area contributed by atoms with Gasteiger partial charge < -0.3 is 10.3 Å². The van der Waals surface area contributed by atoms with Crippen LogP contribution in [0.15, 0.2) is 4.52 Å². The van der Waals surface area contributed by atoms with Crippen LogP contribution in [0.3, 0.4) is 0 Å². The number of anilines is 1. The number of piperidine rings is 1. The molecule has 1 aromatic rings. The molecule has 0 radical (unpaired) electrons. The molecule has 2 rings (SSSR count). The van der Waals surface area contributed by atoms with Gasteiger partial charge in [-0.05, 0) is 19.8 Å². The van der Waals surface area contributed by atoms with Crippen molar-refractivity contribution in [3.8, 4) is 0 Å². The Morgan fingerprint density at radius 2 is 2.29 bits per heavy atom. The van der Waals surface area contributed by atoms with E-state index in [9.17, 15) is 4.79 Å². The van der Waals surface area contributed by atoms with E-state index in [0.29, 0.717) is 12.4 Å². The van der Waals surface area contributed by atoms with Gasteiger partial charge >= 0.3 is 6.01 Å². The minimum Gasteiger partial charge on any atom is -0.328 e. The Morgan fingerprint density at radius 1 is 1.59 bits per heavy atom. The number of aryl methyl sites for hydroxylation is 1. The van der Waals surface area contributed by atoms with E-state index in [1.54, 1.807) is 6.92 Å². The van der Waals surface area contributed by atoms with Gasteiger partial charge in [0, 0.05) is 19.1 Å². The van der Waals surface area contributed by atoms with Crippen molar-refractivity contribution >= 4 is 11.9 Å². The molecule has 17 heavy (non-hydrogen) atoms. The lowest BCUT2D eigenvalue weighted by Crippen LogP contribution is -2.43. The Labute approximate surface area is 99.3 Å². The number of likely N-dealkylation sites (tertiary alicyclic amines) is 1. The zero-order valence-electron chi connectivity index (χ0n) is 9.85. The van der Waals surface area contributed by atoms with E-state index in [-0.39, 0.29) is 18.0 Å². The molecular formula is C10H17N5O2. The number of aromatic nitrogens is 2. The molecule has 0 bridgehead atoms. The largest absolute Gasteiger partial charge is 0.328 e. The Kier molecular flexibility index (Phi) is 3.70. The molecule has 0 saturated carbocycles. The zero-order chi connectivity index (χ0) is 12.3. The van der Waals surface area contributed by atoms with Crippen LogP contribution in [0, 0.1) is 6.92 Å². The summed E-state index contributed by atoms with van der Waals surface area (Å²) in [6.45, 7) is 3.76. The second-order valence-corrected chi connectivity index (χ2v) is 4.31. The second-order valence-electron chi connectivity index (χ2n) is 4.31. The van der Waals surface area contributed by atoms with Crippen LogP contribution in [0.25, 0.3) is 0 Å². The molecule has 1 aliphatic heterocycles. The Morgan fingerprint density at radius 3 is 2.88 bits per heavy atom. The van der Waals surface area contributed by atoms with Crippen LogP contribution in [0.1, 0.15) is 18.7 Å². The highest BCUT2D eigenvalue weighted by Gasteiger charge is 2.18. The molecule has 3 N–H and O–H groups in total. The van der Waals surface area contributed by atoms with Crippen LogP contribution in [0.4, 0.5) is 6.01 Å². The lowest BCUT2D eigenvalue weighted by atomic mass is 10.1. The minimum absolute atomic E-state index is 0.135. The summed E-state index contributed by atoms with van der Waals surface area (Å²) in [5.74, 6) is 0.369. The SMILES string of the molecule is Cc1noc(NC(=O)CN2CCC(N)CC2)n1. The summed E-state index contributed by atoms with van der Waals surface area (Å²) in [7, 11) is 0. The zero-order valence-corrected chi connectivity index (χ0v) is 9.85. The van der Waals surface area contributed by atoms with Gasteiger partial charge in [-0.1, -0.05) is 5.16 Å². The van der Waals surface area contributed by atoms with Crippen molar-refractivity contribution in [1.29, 1.82) is 0 Å². The maximum Gasteiger partial charge on any atom is 0.328 e. The standard InChI is InChI=1S/C10H17N5O2/c1-7-12-10(17-14-7)13-9(16)6-15-4-2-8(11)3-5-15/h8H,2-6,11H2,1H3,(H,12,13,14,16). The molecule has 0 aliphatic carbocycles. The number of rotatable bonds is 3. The number of carbonyl (C=O) groups excluding carboxylic acids is 1. The van der Waals surface area contributed by atoms with Gasteiger partial charge in [0.1, 0.15) is 0 Å². The smallest absolute Gasteiger partial charge is 0.328 e. The van der Waals surface area contributed by atoms with Gasteiger partial charge in [0.25, 0.3) is 0 Å². The number of nitrogens with zero attached hydrogens (tertiary/aromatic N) is 3. The van der Waals surface area contributed by atoms with Crippen molar-refractivity contribution in [2.45, 2.75) is 25.8 Å². The highest BCUT2D eigenvalue weighted by atomic mass is 16.5. The molecule has 0 atom stereocenters. The lowest BCUT2D eigenvalue weighted by Gasteiger charge is -2.29. The molecule has 1 amide bonds. The predicted molar refractivity (Wildman–Crippen MR) is 61.3 cm³/mol. The van der Waals surface area contributed by atoms with E-state index in [1.807, 2.05) is 0 Å². The van der Waals surface area contributed by atoms with E-state index < -0.39 is 0 Å². The summed E-state index contributed by atoms with van der Waals surface area (Å²) in [4.78, 5) is 17.6. The first-order valence-electron chi connectivity index (χ1n) is 5.71. The molecule has 0 unspecified atom stereocenters. The van der Waals surface area contributed by atoms with E-state index in [4.69, 9.17) is 10.3 Å². The Balaban J connectivity index is 1.77. The topological polar surface area (TPSA) is 97.3 Å². The lowest BCUT2D eigenvalue weighted by molar-refractivity contribution is -0.117. The molecule has 1 aliphatic rings. The van der Waals surface area contributed by atoms with E-state index >= 15 is 0 Å². The van der Waals surface area contributed by atoms with Crippen molar-refractivity contribution in [1.82, 2.24) is 15.0 Å². The molecule has 1 saturated heterocycles. The first-order chi connectivity index (χ1) is 8.13. The van der Waals surface area contributed by atoms with Crippen LogP contribution in [0.2, 0.25) is 0 Å². The summed E-state index contributed by atoms with van der Waals surface area (Å²) in [5, 5.41) is 6.16. The van der Waals surface area contributed by atoms with E-state index in [1.165, 1.54) is 0 Å². The minimum atomic E-state index is -0.135. The van der Waals surface area contributed by atoms with Crippen molar-refractivity contribution in [3.05, 3.63) is 5.82 Å². The summed E-state index contributed by atoms with van der Waals surface area (Å²) in [6.07, 6.45) is 1.87. The molecule has 0 spiro atoms. The first-order valence-corrected chi connectivity index (χ1v) is 5.71. The van der Waals surface area contributed by atoms with Gasteiger partial charge in [-0.3, -0.25) is 15.0 Å². The quantitative estimate of drug-likeness (QED) is 0.754. The van der Waals surface area contributed by atoms with Gasteiger partial charge in [0.15, 0.2) is 5.82 Å². The number of hydrogen-bond acceptors (Lipinski definition) is 6. The maximum atomic E-state index is 11.7. The van der Waals surface area contributed by atoms with Crippen LogP contribution in [-0.4, -0.2) is 46.6 Å². The van der Waals surface area contributed by atoms with Crippen molar-refractivity contribution in [2.75, 3.05) is 25.0 Å². The molecular weight excluding hydrogens is 222 g/mol. The monoisotopic (exact) mass is 239 g/mol. The number of hydrogen-bond donors (Lipinski definition) is 2. The van der Waals surface area contributed by atoms with Crippen molar-refractivity contribution in [2.24, 2.45) is 5.73 Å². The van der Waals surface area contributed by atoms with Gasteiger partial charge in [-0.25, -0.2) is 0 Å². The average molecular weight is 239 g/mol. The van der Waals surface area contributed by atoms with Crippen LogP contribution in [0.5, 0.6) is 0 Å². The second kappa shape index (κ2) is 5.24. The molecule has 7 heteroatoms. The number of amides is 1. The Bertz CT molecular complexity index is 384. The number of nitrogens with two attached hydrogens (primary N) is 1. The summed E-state index contributed by atoms with van der Waals surface area (Å²) in [5.41, 5.74) is 5.79. The highest BCUT2D eigenvalue weighted by molar-refractivity contribution is 5.90. The molecule has 94 valence electrons. The fourth-order valence-electron chi connectivity index (χ4n) is 1.82. The van der Waals surface area contributed by atoms with Gasteiger partial charge in [0.2, 0.25) is 5.91 Å².